The summed E-state index contributed by atoms with van der Waals surface area (Å²) in [5.41, 5.74) is 0.965. The van der Waals surface area contributed by atoms with Crippen LogP contribution in [-0.2, 0) is 21.7 Å². The molecule has 140 valence electrons. The number of nitrogens with zero attached hydrogens (tertiary/aromatic N) is 4. The largest absolute Gasteiger partial charge is 0.338 e. The van der Waals surface area contributed by atoms with Crippen LogP contribution in [0.3, 0.4) is 0 Å². The van der Waals surface area contributed by atoms with Gasteiger partial charge in [0.1, 0.15) is 0 Å². The highest BCUT2D eigenvalue weighted by molar-refractivity contribution is 7.99. The number of thioether (sulfide) groups is 1. The molecule has 1 aliphatic rings. The molecule has 1 atom stereocenters. The second-order valence-electron chi connectivity index (χ2n) is 6.26. The second-order valence-corrected chi connectivity index (χ2v) is 9.43. The highest BCUT2D eigenvalue weighted by Gasteiger charge is 2.33. The molecule has 3 rings (SSSR count). The van der Waals surface area contributed by atoms with E-state index in [-0.39, 0.29) is 29.2 Å². The Balaban J connectivity index is 1.65. The van der Waals surface area contributed by atoms with Crippen molar-refractivity contribution >= 4 is 27.5 Å². The van der Waals surface area contributed by atoms with E-state index in [2.05, 4.69) is 10.2 Å². The first-order chi connectivity index (χ1) is 12.4. The van der Waals surface area contributed by atoms with Crippen LogP contribution in [0.1, 0.15) is 13.3 Å². The fraction of sp³-hybridized carbons (Fsp3) is 0.471. The molecule has 1 aromatic carbocycles. The average Bonchev–Trinajstić information content (AvgIpc) is 3.17. The Hall–Kier alpha value is -1.87. The molecule has 1 aliphatic heterocycles. The minimum atomic E-state index is -3.01. The van der Waals surface area contributed by atoms with Crippen LogP contribution in [0.25, 0.3) is 11.4 Å². The first-order valence-corrected chi connectivity index (χ1v) is 11.3. The number of amides is 1. The Morgan fingerprint density at radius 2 is 2.04 bits per heavy atom. The van der Waals surface area contributed by atoms with Crippen molar-refractivity contribution in [2.45, 2.75) is 24.5 Å². The molecule has 1 saturated heterocycles. The van der Waals surface area contributed by atoms with Crippen LogP contribution < -0.4 is 0 Å². The number of carbonyl (C=O) groups excluding carboxylic acids is 1. The van der Waals surface area contributed by atoms with Gasteiger partial charge < -0.3 is 9.47 Å². The van der Waals surface area contributed by atoms with Crippen LogP contribution in [0.2, 0.25) is 0 Å². The van der Waals surface area contributed by atoms with E-state index in [1.54, 1.807) is 4.90 Å². The highest BCUT2D eigenvalue weighted by Crippen LogP contribution is 2.24. The summed E-state index contributed by atoms with van der Waals surface area (Å²) < 4.78 is 25.2. The van der Waals surface area contributed by atoms with Gasteiger partial charge in [-0.2, -0.15) is 0 Å². The van der Waals surface area contributed by atoms with E-state index in [9.17, 15) is 13.2 Å². The van der Waals surface area contributed by atoms with Crippen LogP contribution in [0.4, 0.5) is 0 Å². The van der Waals surface area contributed by atoms with Crippen molar-refractivity contribution in [1.82, 2.24) is 19.7 Å². The molecule has 0 bridgehead atoms. The molecule has 7 nitrogen and oxygen atoms in total. The molecule has 0 N–H and O–H groups in total. The Bertz CT molecular complexity index is 881. The lowest BCUT2D eigenvalue weighted by Gasteiger charge is -2.26. The lowest BCUT2D eigenvalue weighted by atomic mass is 10.2. The van der Waals surface area contributed by atoms with Crippen LogP contribution in [0.5, 0.6) is 0 Å². The van der Waals surface area contributed by atoms with E-state index >= 15 is 0 Å². The van der Waals surface area contributed by atoms with Crippen molar-refractivity contribution in [3.8, 4) is 11.4 Å². The predicted molar refractivity (Wildman–Crippen MR) is 102 cm³/mol. The van der Waals surface area contributed by atoms with E-state index in [0.717, 1.165) is 11.4 Å². The van der Waals surface area contributed by atoms with Crippen molar-refractivity contribution in [2.75, 3.05) is 23.8 Å². The maximum atomic E-state index is 12.6. The second kappa shape index (κ2) is 7.79. The van der Waals surface area contributed by atoms with Crippen molar-refractivity contribution in [3.05, 3.63) is 30.3 Å². The summed E-state index contributed by atoms with van der Waals surface area (Å²) in [6.07, 6.45) is 0.523. The van der Waals surface area contributed by atoms with Crippen LogP contribution in [0.15, 0.2) is 35.5 Å². The molecule has 2 aromatic rings. The molecule has 1 fully saturated rings. The molecule has 0 unspecified atom stereocenters. The number of sulfone groups is 1. The minimum absolute atomic E-state index is 0.0659. The third kappa shape index (κ3) is 4.09. The van der Waals surface area contributed by atoms with Gasteiger partial charge in [-0.05, 0) is 13.3 Å². The quantitative estimate of drug-likeness (QED) is 0.692. The summed E-state index contributed by atoms with van der Waals surface area (Å²) in [6, 6.07) is 9.53. The van der Waals surface area contributed by atoms with Crippen LogP contribution in [0, 0.1) is 0 Å². The number of carbonyl (C=O) groups is 1. The van der Waals surface area contributed by atoms with Gasteiger partial charge in [-0.25, -0.2) is 8.42 Å². The molecular formula is C17H22N4O3S2. The smallest absolute Gasteiger partial charge is 0.233 e. The van der Waals surface area contributed by atoms with Crippen molar-refractivity contribution in [1.29, 1.82) is 0 Å². The molecule has 1 amide bonds. The summed E-state index contributed by atoms with van der Waals surface area (Å²) >= 11 is 1.32. The zero-order valence-corrected chi connectivity index (χ0v) is 16.5. The van der Waals surface area contributed by atoms with Crippen molar-refractivity contribution in [2.24, 2.45) is 7.05 Å². The maximum Gasteiger partial charge on any atom is 0.233 e. The molecule has 0 spiro atoms. The molecule has 26 heavy (non-hydrogen) atoms. The number of hydrogen-bond donors (Lipinski definition) is 0. The van der Waals surface area contributed by atoms with Gasteiger partial charge >= 0.3 is 0 Å². The van der Waals surface area contributed by atoms with E-state index in [1.165, 1.54) is 11.8 Å². The van der Waals surface area contributed by atoms with Gasteiger partial charge in [-0.3, -0.25) is 4.79 Å². The topological polar surface area (TPSA) is 85.2 Å². The zero-order valence-electron chi connectivity index (χ0n) is 14.8. The van der Waals surface area contributed by atoms with Gasteiger partial charge in [0.25, 0.3) is 0 Å². The van der Waals surface area contributed by atoms with E-state index < -0.39 is 9.84 Å². The van der Waals surface area contributed by atoms with Gasteiger partial charge in [0.2, 0.25) is 5.91 Å². The van der Waals surface area contributed by atoms with E-state index in [4.69, 9.17) is 0 Å². The van der Waals surface area contributed by atoms with E-state index in [0.29, 0.717) is 18.1 Å². The molecule has 0 aliphatic carbocycles. The summed E-state index contributed by atoms with van der Waals surface area (Å²) in [5, 5.41) is 9.05. The Kier molecular flexibility index (Phi) is 5.67. The lowest BCUT2D eigenvalue weighted by molar-refractivity contribution is -0.129. The maximum absolute atomic E-state index is 12.6. The van der Waals surface area contributed by atoms with Gasteiger partial charge in [-0.15, -0.1) is 10.2 Å². The van der Waals surface area contributed by atoms with E-state index in [1.807, 2.05) is 48.9 Å². The minimum Gasteiger partial charge on any atom is -0.338 e. The average molecular weight is 395 g/mol. The normalized spacial score (nSPS) is 18.8. The van der Waals surface area contributed by atoms with Gasteiger partial charge in [-0.1, -0.05) is 42.1 Å². The molecule has 2 heterocycles. The predicted octanol–water partition coefficient (Wildman–Crippen LogP) is 1.61. The van der Waals surface area contributed by atoms with Crippen molar-refractivity contribution in [3.63, 3.8) is 0 Å². The standard InChI is InChI=1S/C17H22N4O3S2/c1-3-21(14-9-10-26(23,24)12-14)15(22)11-25-17-19-18-16(20(17)2)13-7-5-4-6-8-13/h4-8,14H,3,9-12H2,1-2H3/t14-/m1/s1. The van der Waals surface area contributed by atoms with Crippen molar-refractivity contribution < 1.29 is 13.2 Å². The fourth-order valence-corrected chi connectivity index (χ4v) is 5.68. The molecule has 1 aromatic heterocycles. The summed E-state index contributed by atoms with van der Waals surface area (Å²) in [4.78, 5) is 14.3. The zero-order chi connectivity index (χ0) is 18.7. The Morgan fingerprint density at radius 3 is 2.65 bits per heavy atom. The van der Waals surface area contributed by atoms with Crippen LogP contribution in [-0.4, -0.2) is 63.8 Å². The molecule has 0 radical (unpaired) electrons. The Labute approximate surface area is 157 Å². The summed E-state index contributed by atoms with van der Waals surface area (Å²) in [5.74, 6) is 1.13. The number of hydrogen-bond acceptors (Lipinski definition) is 6. The monoisotopic (exact) mass is 394 g/mol. The SMILES string of the molecule is CCN(C(=O)CSc1nnc(-c2ccccc2)n1C)[C@@H]1CCS(=O)(=O)C1. The van der Waals surface area contributed by atoms with Gasteiger partial charge in [0.15, 0.2) is 20.8 Å². The molecule has 0 saturated carbocycles. The number of rotatable bonds is 6. The Morgan fingerprint density at radius 1 is 1.31 bits per heavy atom. The first kappa shape index (κ1) is 18.9. The third-order valence-corrected chi connectivity index (χ3v) is 7.26. The molecular weight excluding hydrogens is 372 g/mol. The summed E-state index contributed by atoms with van der Waals surface area (Å²) in [7, 11) is -1.14. The van der Waals surface area contributed by atoms with Gasteiger partial charge in [0.05, 0.1) is 17.3 Å². The summed E-state index contributed by atoms with van der Waals surface area (Å²) in [6.45, 7) is 2.39. The fourth-order valence-electron chi connectivity index (χ4n) is 3.15. The van der Waals surface area contributed by atoms with Crippen LogP contribution >= 0.6 is 11.8 Å². The molecule has 9 heteroatoms. The lowest BCUT2D eigenvalue weighted by Crippen LogP contribution is -2.42. The first-order valence-electron chi connectivity index (χ1n) is 8.49. The number of aromatic nitrogens is 3. The number of benzene rings is 1. The highest BCUT2D eigenvalue weighted by atomic mass is 32.2. The third-order valence-electron chi connectivity index (χ3n) is 4.50. The van der Waals surface area contributed by atoms with Gasteiger partial charge in [0, 0.05) is 25.2 Å².